The molecule has 0 aromatic rings. The number of nitrogens with zero attached hydrogens (tertiary/aromatic N) is 1. The van der Waals surface area contributed by atoms with Crippen molar-refractivity contribution in [3.8, 4) is 0 Å². The van der Waals surface area contributed by atoms with Gasteiger partial charge in [0, 0.05) is 7.47 Å². The molecule has 60 valence electrons. The summed E-state index contributed by atoms with van der Waals surface area (Å²) in [5.41, 5.74) is 0. The van der Waals surface area contributed by atoms with Gasteiger partial charge in [-0.2, -0.15) is 0 Å². The van der Waals surface area contributed by atoms with E-state index in [1.54, 1.807) is 0 Å². The number of hydrogen-bond acceptors (Lipinski definition) is 1. The molecule has 0 aromatic carbocycles. The van der Waals surface area contributed by atoms with Gasteiger partial charge in [-0.15, -0.1) is 0 Å². The summed E-state index contributed by atoms with van der Waals surface area (Å²) in [6.45, 7) is 7.54. The van der Waals surface area contributed by atoms with Crippen LogP contribution in [0.15, 0.2) is 0 Å². The molecule has 0 aliphatic carbocycles. The summed E-state index contributed by atoms with van der Waals surface area (Å²) in [6.07, 6.45) is 2.93. The monoisotopic (exact) mass is 141 g/mol. The molecule has 3 heterocycles. The molecule has 3 aliphatic rings. The molecule has 3 rings (SSSR count). The Hall–Kier alpha value is -0.0400. The van der Waals surface area contributed by atoms with E-state index in [2.05, 4.69) is 18.7 Å². The van der Waals surface area contributed by atoms with E-state index in [0.29, 0.717) is 0 Å². The van der Waals surface area contributed by atoms with Gasteiger partial charge in [0.2, 0.25) is 0 Å². The predicted molar refractivity (Wildman–Crippen MR) is 45.0 cm³/mol. The summed E-state index contributed by atoms with van der Waals surface area (Å²) >= 11 is 0. The van der Waals surface area contributed by atoms with Gasteiger partial charge in [0.05, 0.1) is 0 Å². The van der Waals surface area contributed by atoms with Crippen LogP contribution in [0.25, 0.3) is 0 Å². The molecule has 3 aliphatic heterocycles. The van der Waals surface area contributed by atoms with E-state index in [4.69, 9.17) is 0 Å². The van der Waals surface area contributed by atoms with E-state index in [1.807, 2.05) is 0 Å². The fourth-order valence-corrected chi connectivity index (χ4v) is 2.58. The lowest BCUT2D eigenvalue weighted by Crippen LogP contribution is -2.52. The molecule has 1 nitrogen and oxygen atoms in total. The van der Waals surface area contributed by atoms with Crippen molar-refractivity contribution >= 4 is 0 Å². The van der Waals surface area contributed by atoms with E-state index in [0.717, 1.165) is 17.9 Å². The molecule has 0 aromatic heterocycles. The molecule has 0 saturated carbocycles. The molecule has 2 unspecified atom stereocenters. The second-order valence-corrected chi connectivity index (χ2v) is 3.97. The second-order valence-electron chi connectivity index (χ2n) is 3.97. The van der Waals surface area contributed by atoms with Gasteiger partial charge in [-0.3, -0.25) is 0 Å². The molecule has 0 radical (unpaired) electrons. The van der Waals surface area contributed by atoms with Crippen LogP contribution in [-0.4, -0.2) is 24.0 Å². The van der Waals surface area contributed by atoms with Crippen molar-refractivity contribution in [1.29, 1.82) is 0 Å². The minimum Gasteiger partial charge on any atom is -0.300 e. The Labute approximate surface area is 64.9 Å². The molecule has 0 N–H and O–H groups in total. The third-order valence-corrected chi connectivity index (χ3v) is 3.65. The summed E-state index contributed by atoms with van der Waals surface area (Å²) < 4.78 is 0. The summed E-state index contributed by atoms with van der Waals surface area (Å²) in [5.74, 6) is 2.02. The fourth-order valence-electron chi connectivity index (χ4n) is 2.58. The summed E-state index contributed by atoms with van der Waals surface area (Å²) in [6, 6.07) is 0.868. The first-order valence-electron chi connectivity index (χ1n) is 4.53. The number of hydrogen-bond donors (Lipinski definition) is 0. The number of fused-ring (bicyclic) bond motifs is 3. The first-order valence-corrected chi connectivity index (χ1v) is 4.53. The van der Waals surface area contributed by atoms with Crippen LogP contribution >= 0.6 is 0 Å². The zero-order chi connectivity index (χ0) is 7.14. The smallest absolute Gasteiger partial charge is 0.00952 e. The maximum Gasteiger partial charge on any atom is 0.00952 e. The SMILES string of the molecule is CC1C2CCN(CC2)C1C.[HH]. The molecule has 1 heteroatoms. The van der Waals surface area contributed by atoms with Gasteiger partial charge in [-0.1, -0.05) is 6.92 Å². The van der Waals surface area contributed by atoms with Crippen molar-refractivity contribution in [3.05, 3.63) is 0 Å². The minimum absolute atomic E-state index is 0. The Morgan fingerprint density at radius 1 is 1.20 bits per heavy atom. The lowest BCUT2D eigenvalue weighted by molar-refractivity contribution is 0.00795. The Morgan fingerprint density at radius 3 is 2.10 bits per heavy atom. The van der Waals surface area contributed by atoms with E-state index < -0.39 is 0 Å². The molecule has 0 spiro atoms. The van der Waals surface area contributed by atoms with Gasteiger partial charge in [0.1, 0.15) is 0 Å². The van der Waals surface area contributed by atoms with Crippen molar-refractivity contribution < 1.29 is 1.43 Å². The number of piperidine rings is 3. The van der Waals surface area contributed by atoms with Gasteiger partial charge in [0.15, 0.2) is 0 Å². The first kappa shape index (κ1) is 6.66. The van der Waals surface area contributed by atoms with Crippen molar-refractivity contribution in [2.24, 2.45) is 11.8 Å². The van der Waals surface area contributed by atoms with Gasteiger partial charge in [-0.05, 0) is 44.7 Å². The van der Waals surface area contributed by atoms with Crippen molar-refractivity contribution in [3.63, 3.8) is 0 Å². The Bertz CT molecular complexity index is 110. The highest BCUT2D eigenvalue weighted by molar-refractivity contribution is 4.89. The summed E-state index contributed by atoms with van der Waals surface area (Å²) in [4.78, 5) is 2.64. The molecular formula is C9H19N. The van der Waals surface area contributed by atoms with Gasteiger partial charge >= 0.3 is 0 Å². The zero-order valence-corrected chi connectivity index (χ0v) is 7.01. The number of rotatable bonds is 0. The van der Waals surface area contributed by atoms with Crippen molar-refractivity contribution in [2.75, 3.05) is 13.1 Å². The first-order chi connectivity index (χ1) is 4.79. The highest BCUT2D eigenvalue weighted by Gasteiger charge is 2.36. The van der Waals surface area contributed by atoms with Crippen LogP contribution < -0.4 is 0 Å². The van der Waals surface area contributed by atoms with E-state index in [-0.39, 0.29) is 1.43 Å². The average Bonchev–Trinajstić information content (AvgIpc) is 2.00. The third-order valence-electron chi connectivity index (χ3n) is 3.65. The lowest BCUT2D eigenvalue weighted by Gasteiger charge is -2.48. The topological polar surface area (TPSA) is 3.24 Å². The molecular weight excluding hydrogens is 122 g/mol. The van der Waals surface area contributed by atoms with Crippen LogP contribution in [-0.2, 0) is 0 Å². The van der Waals surface area contributed by atoms with Crippen molar-refractivity contribution in [1.82, 2.24) is 4.90 Å². The summed E-state index contributed by atoms with van der Waals surface area (Å²) in [5, 5.41) is 0. The minimum atomic E-state index is 0. The van der Waals surface area contributed by atoms with Crippen molar-refractivity contribution in [2.45, 2.75) is 32.7 Å². The van der Waals surface area contributed by atoms with Gasteiger partial charge in [0.25, 0.3) is 0 Å². The molecule has 10 heavy (non-hydrogen) atoms. The van der Waals surface area contributed by atoms with Crippen LogP contribution in [0.3, 0.4) is 0 Å². The summed E-state index contributed by atoms with van der Waals surface area (Å²) in [7, 11) is 0. The van der Waals surface area contributed by atoms with Gasteiger partial charge in [-0.25, -0.2) is 0 Å². The highest BCUT2D eigenvalue weighted by atomic mass is 15.2. The second kappa shape index (κ2) is 2.23. The molecule has 0 amide bonds. The maximum atomic E-state index is 2.64. The Kier molecular flexibility index (Phi) is 1.48. The molecule has 2 atom stereocenters. The molecule has 3 saturated heterocycles. The van der Waals surface area contributed by atoms with Crippen LogP contribution in [0.5, 0.6) is 0 Å². The zero-order valence-electron chi connectivity index (χ0n) is 7.01. The van der Waals surface area contributed by atoms with Crippen LogP contribution in [0, 0.1) is 11.8 Å². The third kappa shape index (κ3) is 0.800. The predicted octanol–water partition coefficient (Wildman–Crippen LogP) is 1.98. The molecule has 2 bridgehead atoms. The van der Waals surface area contributed by atoms with E-state index in [9.17, 15) is 0 Å². The average molecular weight is 141 g/mol. The largest absolute Gasteiger partial charge is 0.300 e. The van der Waals surface area contributed by atoms with E-state index in [1.165, 1.54) is 25.9 Å². The normalized spacial score (nSPS) is 53.4. The maximum absolute atomic E-state index is 2.64. The van der Waals surface area contributed by atoms with E-state index >= 15 is 0 Å². The Balaban J connectivity index is 0.000000605. The van der Waals surface area contributed by atoms with Crippen LogP contribution in [0.1, 0.15) is 28.1 Å². The van der Waals surface area contributed by atoms with Crippen LogP contribution in [0.2, 0.25) is 0 Å². The Morgan fingerprint density at radius 2 is 1.80 bits per heavy atom. The van der Waals surface area contributed by atoms with Crippen LogP contribution in [0.4, 0.5) is 0 Å². The fraction of sp³-hybridized carbons (Fsp3) is 1.00. The highest BCUT2D eigenvalue weighted by Crippen LogP contribution is 2.36. The standard InChI is InChI=1S/C9H17N.H2/c1-7-8(2)10-5-3-9(7)4-6-10;/h7-9H,3-6H2,1-2H3;1H. The van der Waals surface area contributed by atoms with Gasteiger partial charge < -0.3 is 4.90 Å². The quantitative estimate of drug-likeness (QED) is 0.498. The molecule has 3 fully saturated rings. The lowest BCUT2D eigenvalue weighted by atomic mass is 9.76.